The van der Waals surface area contributed by atoms with Gasteiger partial charge in [0.2, 0.25) is 0 Å². The summed E-state index contributed by atoms with van der Waals surface area (Å²) in [6.07, 6.45) is 0. The van der Waals surface area contributed by atoms with Gasteiger partial charge in [-0.05, 0) is 6.92 Å². The predicted octanol–water partition coefficient (Wildman–Crippen LogP) is 1.83. The second kappa shape index (κ2) is 2.65. The molecule has 9 heavy (non-hydrogen) atoms. The Balaban J connectivity index is 4.14. The molecule has 4 heteroatoms. The van der Waals surface area contributed by atoms with Crippen molar-refractivity contribution in [2.75, 3.05) is 4.43 Å². The molecule has 0 aromatic carbocycles. The summed E-state index contributed by atoms with van der Waals surface area (Å²) >= 11 is 1.73. The topological polar surface area (TPSA) is 20.2 Å². The fourth-order valence-corrected chi connectivity index (χ4v) is 0.787. The van der Waals surface area contributed by atoms with Crippen LogP contribution in [-0.2, 0) is 0 Å². The molecule has 1 atom stereocenters. The zero-order chi connectivity index (χ0) is 7.71. The zero-order valence-corrected chi connectivity index (χ0v) is 7.45. The summed E-state index contributed by atoms with van der Waals surface area (Å²) < 4.78 is 24.5. The molecule has 1 unspecified atom stereocenters. The highest BCUT2D eigenvalue weighted by atomic mass is 127. The van der Waals surface area contributed by atoms with Crippen molar-refractivity contribution >= 4 is 22.6 Å². The lowest BCUT2D eigenvalue weighted by Crippen LogP contribution is -2.44. The monoisotopic (exact) mass is 250 g/mol. The third-order valence-electron chi connectivity index (χ3n) is 1.21. The minimum atomic E-state index is -3.01. The number of hydrogen-bond donors (Lipinski definition) is 1. The second-order valence-corrected chi connectivity index (χ2v) is 3.06. The molecular formula is C5H9F2IO. The van der Waals surface area contributed by atoms with Gasteiger partial charge in [0.05, 0.1) is 0 Å². The molecule has 0 rings (SSSR count). The van der Waals surface area contributed by atoms with Crippen LogP contribution < -0.4 is 0 Å². The van der Waals surface area contributed by atoms with E-state index in [0.717, 1.165) is 6.92 Å². The van der Waals surface area contributed by atoms with Crippen LogP contribution in [0.15, 0.2) is 0 Å². The molecular weight excluding hydrogens is 241 g/mol. The van der Waals surface area contributed by atoms with Gasteiger partial charge in [0, 0.05) is 11.4 Å². The van der Waals surface area contributed by atoms with Gasteiger partial charge in [-0.3, -0.25) is 0 Å². The van der Waals surface area contributed by atoms with Crippen LogP contribution in [0.3, 0.4) is 0 Å². The number of hydrogen-bond acceptors (Lipinski definition) is 1. The number of halogens is 3. The molecule has 0 aliphatic rings. The highest BCUT2D eigenvalue weighted by Crippen LogP contribution is 2.28. The molecule has 0 aromatic rings. The van der Waals surface area contributed by atoms with Gasteiger partial charge in [-0.25, -0.2) is 8.78 Å². The zero-order valence-electron chi connectivity index (χ0n) is 5.29. The van der Waals surface area contributed by atoms with Crippen LogP contribution in [0.1, 0.15) is 13.8 Å². The Morgan fingerprint density at radius 2 is 1.78 bits per heavy atom. The molecule has 0 saturated carbocycles. The van der Waals surface area contributed by atoms with Crippen LogP contribution >= 0.6 is 22.6 Å². The molecule has 0 radical (unpaired) electrons. The summed E-state index contributed by atoms with van der Waals surface area (Å²) in [5.74, 6) is -3.01. The molecule has 0 fully saturated rings. The highest BCUT2D eigenvalue weighted by molar-refractivity contribution is 14.1. The Hall–Kier alpha value is 0.550. The van der Waals surface area contributed by atoms with Gasteiger partial charge >= 0.3 is 0 Å². The van der Waals surface area contributed by atoms with E-state index in [1.165, 1.54) is 0 Å². The first-order valence-corrected chi connectivity index (χ1v) is 4.00. The van der Waals surface area contributed by atoms with Crippen molar-refractivity contribution in [1.29, 1.82) is 0 Å². The molecule has 0 spiro atoms. The summed E-state index contributed by atoms with van der Waals surface area (Å²) in [4.78, 5) is 0. The predicted molar refractivity (Wildman–Crippen MR) is 40.1 cm³/mol. The summed E-state index contributed by atoms with van der Waals surface area (Å²) in [5.41, 5.74) is -1.87. The molecule has 0 aliphatic carbocycles. The van der Waals surface area contributed by atoms with Gasteiger partial charge in [0.25, 0.3) is 5.92 Å². The maximum Gasteiger partial charge on any atom is 0.273 e. The van der Waals surface area contributed by atoms with E-state index in [9.17, 15) is 8.78 Å². The molecule has 0 aromatic heterocycles. The Labute approximate surface area is 66.6 Å². The SMILES string of the molecule is CC(F)(F)C(C)(O)CI. The minimum Gasteiger partial charge on any atom is -0.383 e. The minimum absolute atomic E-state index is 0.0360. The van der Waals surface area contributed by atoms with Gasteiger partial charge in [-0.1, -0.05) is 22.6 Å². The Morgan fingerprint density at radius 1 is 1.44 bits per heavy atom. The maximum atomic E-state index is 12.2. The van der Waals surface area contributed by atoms with Crippen molar-refractivity contribution < 1.29 is 13.9 Å². The van der Waals surface area contributed by atoms with E-state index in [2.05, 4.69) is 0 Å². The van der Waals surface area contributed by atoms with Gasteiger partial charge in [0.15, 0.2) is 0 Å². The van der Waals surface area contributed by atoms with E-state index in [0.29, 0.717) is 6.92 Å². The first kappa shape index (κ1) is 9.55. The number of rotatable bonds is 2. The first-order chi connectivity index (χ1) is 3.81. The van der Waals surface area contributed by atoms with Gasteiger partial charge in [-0.2, -0.15) is 0 Å². The van der Waals surface area contributed by atoms with Gasteiger partial charge in [0.1, 0.15) is 5.60 Å². The molecule has 0 aliphatic heterocycles. The molecule has 56 valence electrons. The lowest BCUT2D eigenvalue weighted by molar-refractivity contribution is -0.143. The van der Waals surface area contributed by atoms with Crippen LogP contribution in [0.5, 0.6) is 0 Å². The average Bonchev–Trinajstić information content (AvgIpc) is 1.64. The molecule has 0 saturated heterocycles. The molecule has 0 heterocycles. The average molecular weight is 250 g/mol. The summed E-state index contributed by atoms with van der Waals surface area (Å²) in [6.45, 7) is 1.84. The van der Waals surface area contributed by atoms with E-state index in [1.807, 2.05) is 0 Å². The quantitative estimate of drug-likeness (QED) is 0.585. The van der Waals surface area contributed by atoms with Crippen LogP contribution in [0, 0.1) is 0 Å². The summed E-state index contributed by atoms with van der Waals surface area (Å²) in [6, 6.07) is 0. The Bertz CT molecular complexity index is 97.6. The normalized spacial score (nSPS) is 19.3. The lowest BCUT2D eigenvalue weighted by atomic mass is 10.0. The van der Waals surface area contributed by atoms with E-state index < -0.39 is 11.5 Å². The van der Waals surface area contributed by atoms with E-state index in [-0.39, 0.29) is 4.43 Å². The fourth-order valence-electron chi connectivity index (χ4n) is 0.117. The van der Waals surface area contributed by atoms with E-state index in [4.69, 9.17) is 5.11 Å². The molecule has 0 amide bonds. The molecule has 0 bridgehead atoms. The van der Waals surface area contributed by atoms with Crippen LogP contribution in [0.25, 0.3) is 0 Å². The number of alkyl halides is 3. The van der Waals surface area contributed by atoms with Crippen LogP contribution in [0.4, 0.5) is 8.78 Å². The van der Waals surface area contributed by atoms with Gasteiger partial charge < -0.3 is 5.11 Å². The third-order valence-corrected chi connectivity index (χ3v) is 2.69. The van der Waals surface area contributed by atoms with Crippen molar-refractivity contribution in [1.82, 2.24) is 0 Å². The van der Waals surface area contributed by atoms with Crippen molar-refractivity contribution in [2.24, 2.45) is 0 Å². The van der Waals surface area contributed by atoms with Crippen molar-refractivity contribution in [3.63, 3.8) is 0 Å². The largest absolute Gasteiger partial charge is 0.383 e. The molecule has 1 nitrogen and oxygen atoms in total. The highest BCUT2D eigenvalue weighted by Gasteiger charge is 2.43. The third kappa shape index (κ3) is 2.33. The van der Waals surface area contributed by atoms with E-state index >= 15 is 0 Å². The Morgan fingerprint density at radius 3 is 1.78 bits per heavy atom. The fraction of sp³-hybridized carbons (Fsp3) is 1.00. The van der Waals surface area contributed by atoms with Crippen molar-refractivity contribution in [3.05, 3.63) is 0 Å². The van der Waals surface area contributed by atoms with Crippen LogP contribution in [0.2, 0.25) is 0 Å². The maximum absolute atomic E-state index is 12.2. The first-order valence-electron chi connectivity index (χ1n) is 2.47. The smallest absolute Gasteiger partial charge is 0.273 e. The Kier molecular flexibility index (Phi) is 2.82. The van der Waals surface area contributed by atoms with E-state index in [1.54, 1.807) is 22.6 Å². The molecule has 1 N–H and O–H groups in total. The van der Waals surface area contributed by atoms with Gasteiger partial charge in [-0.15, -0.1) is 0 Å². The standard InChI is InChI=1S/C5H9F2IO/c1-4(9,3-8)5(2,6)7/h9H,3H2,1-2H3. The summed E-state index contributed by atoms with van der Waals surface area (Å²) in [5, 5.41) is 8.90. The summed E-state index contributed by atoms with van der Waals surface area (Å²) in [7, 11) is 0. The van der Waals surface area contributed by atoms with Crippen LogP contribution in [-0.4, -0.2) is 21.1 Å². The van der Waals surface area contributed by atoms with Crippen molar-refractivity contribution in [2.45, 2.75) is 25.4 Å². The second-order valence-electron chi connectivity index (χ2n) is 2.30. The lowest BCUT2D eigenvalue weighted by Gasteiger charge is -2.27. The number of aliphatic hydroxyl groups is 1. The van der Waals surface area contributed by atoms with Crippen molar-refractivity contribution in [3.8, 4) is 0 Å².